The molecule has 1 radical (unpaired) electrons. The van der Waals surface area contributed by atoms with Gasteiger partial charge in [0.15, 0.2) is 6.79 Å². The normalized spacial score (nSPS) is 12.8. The van der Waals surface area contributed by atoms with Gasteiger partial charge in [-0.1, -0.05) is 38.1 Å². The SMILES string of the molecule is [3H][B]SO[C@H](CCOCCCOC(=O)C=C)CC(=O)OCOCC[Si](C)(C)C. The van der Waals surface area contributed by atoms with Gasteiger partial charge >= 0.3 is 11.9 Å². The Hall–Kier alpha value is -0.808. The number of esters is 2. The van der Waals surface area contributed by atoms with Crippen LogP contribution >= 0.6 is 11.9 Å². The van der Waals surface area contributed by atoms with Crippen LogP contribution in [-0.4, -0.2) is 67.8 Å². The largest absolute Gasteiger partial charge is 0.462 e. The minimum absolute atomic E-state index is 0.0541. The van der Waals surface area contributed by atoms with Gasteiger partial charge in [-0.05, 0) is 13.8 Å². The Morgan fingerprint density at radius 2 is 1.96 bits per heavy atom. The summed E-state index contributed by atoms with van der Waals surface area (Å²) in [4.78, 5) is 22.8. The summed E-state index contributed by atoms with van der Waals surface area (Å²) >= 11 is 0.855. The summed E-state index contributed by atoms with van der Waals surface area (Å²) in [6.07, 6.45) is 1.77. The van der Waals surface area contributed by atoms with E-state index in [0.29, 0.717) is 32.7 Å². The average Bonchev–Trinajstić information content (AvgIpc) is 2.63. The zero-order valence-corrected chi connectivity index (χ0v) is 18.4. The van der Waals surface area contributed by atoms with E-state index in [2.05, 4.69) is 26.2 Å². The molecule has 1 atom stereocenters. The molecule has 0 fully saturated rings. The summed E-state index contributed by atoms with van der Waals surface area (Å²) < 4.78 is 33.1. The molecule has 0 bridgehead atoms. The summed E-state index contributed by atoms with van der Waals surface area (Å²) in [5, 5.41) is 0. The highest BCUT2D eigenvalue weighted by atomic mass is 32.2. The molecular formula is C17H32BO7SSi. The number of carbonyl (C=O) groups is 2. The monoisotopic (exact) mass is 421 g/mol. The first kappa shape index (κ1) is 24.2. The number of hydrogen-bond donors (Lipinski definition) is 0. The second-order valence-electron chi connectivity index (χ2n) is 7.00. The molecule has 0 rings (SSSR count). The highest BCUT2D eigenvalue weighted by Gasteiger charge is 2.16. The Labute approximate surface area is 170 Å². The number of hydrogen-bond acceptors (Lipinski definition) is 8. The van der Waals surface area contributed by atoms with Crippen LogP contribution in [0, 0.1) is 0 Å². The van der Waals surface area contributed by atoms with Crippen molar-refractivity contribution in [3.05, 3.63) is 12.7 Å². The molecule has 0 aliphatic carbocycles. The quantitative estimate of drug-likeness (QED) is 0.0835. The van der Waals surface area contributed by atoms with Crippen LogP contribution in [0.4, 0.5) is 0 Å². The molecule has 0 heterocycles. The topological polar surface area (TPSA) is 80.3 Å². The fourth-order valence-corrected chi connectivity index (χ4v) is 2.84. The Morgan fingerprint density at radius 1 is 1.19 bits per heavy atom. The van der Waals surface area contributed by atoms with E-state index < -0.39 is 26.1 Å². The molecular weight excluding hydrogens is 387 g/mol. The summed E-state index contributed by atoms with van der Waals surface area (Å²) in [5.41, 5.74) is 0. The van der Waals surface area contributed by atoms with Crippen LogP contribution in [0.15, 0.2) is 12.7 Å². The standard InChI is InChI=1S/C17H32BO7SSi/c1-5-16(19)23-9-6-8-21-10-7-15(25-26-18)13-17(20)24-14-22-11-12-27(2,3)4/h5,15,18H,1,6-14H2,2-4H3/t15-/m1/s1/i18T. The van der Waals surface area contributed by atoms with Crippen LogP contribution < -0.4 is 0 Å². The Balaban J connectivity index is 3.91. The van der Waals surface area contributed by atoms with Crippen molar-refractivity contribution in [3.63, 3.8) is 0 Å². The number of rotatable bonds is 18. The number of carbonyl (C=O) groups excluding carboxylic acids is 2. The van der Waals surface area contributed by atoms with Crippen molar-refractivity contribution in [3.8, 4) is 0 Å². The van der Waals surface area contributed by atoms with Crippen LogP contribution in [0.2, 0.25) is 25.7 Å². The first-order valence-electron chi connectivity index (χ1n) is 9.48. The van der Waals surface area contributed by atoms with Crippen molar-refractivity contribution >= 4 is 39.0 Å². The fourth-order valence-electron chi connectivity index (χ4n) is 1.76. The maximum atomic E-state index is 11.9. The van der Waals surface area contributed by atoms with Crippen LogP contribution in [0.25, 0.3) is 0 Å². The molecule has 0 saturated carbocycles. The molecule has 0 amide bonds. The highest BCUT2D eigenvalue weighted by Crippen LogP contribution is 2.12. The van der Waals surface area contributed by atoms with E-state index in [1.807, 2.05) is 0 Å². The third kappa shape index (κ3) is 18.3. The Bertz CT molecular complexity index is 452. The van der Waals surface area contributed by atoms with Crippen molar-refractivity contribution in [2.24, 2.45) is 0 Å². The van der Waals surface area contributed by atoms with E-state index in [0.717, 1.165) is 31.1 Å². The van der Waals surface area contributed by atoms with Crippen LogP contribution in [0.3, 0.4) is 0 Å². The third-order valence-electron chi connectivity index (χ3n) is 3.31. The second-order valence-corrected chi connectivity index (χ2v) is 13.0. The van der Waals surface area contributed by atoms with E-state index in [1.165, 1.54) is 0 Å². The van der Waals surface area contributed by atoms with Gasteiger partial charge in [0.1, 0.15) is 0 Å². The predicted octanol–water partition coefficient (Wildman–Crippen LogP) is 2.61. The molecule has 0 aliphatic heterocycles. The number of ether oxygens (including phenoxy) is 4. The molecule has 0 N–H and O–H groups in total. The fraction of sp³-hybridized carbons (Fsp3) is 0.765. The summed E-state index contributed by atoms with van der Waals surface area (Å²) in [6, 6.07) is 1.01. The van der Waals surface area contributed by atoms with Gasteiger partial charge in [-0.25, -0.2) is 4.79 Å². The van der Waals surface area contributed by atoms with Gasteiger partial charge in [0.2, 0.25) is 7.09 Å². The van der Waals surface area contributed by atoms with E-state index in [9.17, 15) is 9.59 Å². The van der Waals surface area contributed by atoms with Crippen molar-refractivity contribution in [2.45, 2.75) is 51.1 Å². The molecule has 27 heavy (non-hydrogen) atoms. The molecule has 7 nitrogen and oxygen atoms in total. The molecule has 155 valence electrons. The second kappa shape index (κ2) is 16.2. The maximum absolute atomic E-state index is 11.9. The molecule has 0 aromatic rings. The smallest absolute Gasteiger partial charge is 0.330 e. The highest BCUT2D eigenvalue weighted by molar-refractivity contribution is 8.15. The average molecular weight is 421 g/mol. The van der Waals surface area contributed by atoms with Crippen molar-refractivity contribution in [1.82, 2.24) is 0 Å². The lowest BCUT2D eigenvalue weighted by Crippen LogP contribution is -2.23. The van der Waals surface area contributed by atoms with E-state index >= 15 is 0 Å². The van der Waals surface area contributed by atoms with Gasteiger partial charge in [0.25, 0.3) is 0 Å². The first-order valence-corrected chi connectivity index (χ1v) is 13.4. The molecule has 0 unspecified atom stereocenters. The summed E-state index contributed by atoms with van der Waals surface area (Å²) in [6.45, 7) is 11.6. The zero-order valence-electron chi connectivity index (χ0n) is 17.6. The Kier molecular flexibility index (Phi) is 14.5. The van der Waals surface area contributed by atoms with Crippen molar-refractivity contribution < 1.29 is 32.7 Å². The Morgan fingerprint density at radius 3 is 2.63 bits per heavy atom. The van der Waals surface area contributed by atoms with Crippen molar-refractivity contribution in [2.75, 3.05) is 33.2 Å². The van der Waals surface area contributed by atoms with Crippen LogP contribution in [-0.2, 0) is 32.7 Å². The van der Waals surface area contributed by atoms with Gasteiger partial charge in [0, 0.05) is 40.4 Å². The summed E-state index contributed by atoms with van der Waals surface area (Å²) in [5.74, 6) is -0.875. The van der Waals surface area contributed by atoms with Crippen LogP contribution in [0.5, 0.6) is 0 Å². The van der Waals surface area contributed by atoms with Crippen LogP contribution in [0.1, 0.15) is 19.3 Å². The van der Waals surface area contributed by atoms with Crippen molar-refractivity contribution in [1.29, 1.82) is 1.34 Å². The molecule has 0 aromatic heterocycles. The lowest BCUT2D eigenvalue weighted by Gasteiger charge is -2.17. The predicted molar refractivity (Wildman–Crippen MR) is 111 cm³/mol. The van der Waals surface area contributed by atoms with Gasteiger partial charge in [-0.3, -0.25) is 4.79 Å². The van der Waals surface area contributed by atoms with E-state index in [1.54, 1.807) is 0 Å². The zero-order chi connectivity index (χ0) is 21.3. The minimum Gasteiger partial charge on any atom is -0.462 e. The molecule has 0 aromatic carbocycles. The van der Waals surface area contributed by atoms with E-state index in [4.69, 9.17) is 24.5 Å². The maximum Gasteiger partial charge on any atom is 0.330 e. The van der Waals surface area contributed by atoms with Gasteiger partial charge < -0.3 is 23.1 Å². The first-order chi connectivity index (χ1) is 13.3. The summed E-state index contributed by atoms with van der Waals surface area (Å²) in [7, 11) is -0.115. The van der Waals surface area contributed by atoms with E-state index in [-0.39, 0.29) is 19.8 Å². The van der Waals surface area contributed by atoms with Gasteiger partial charge in [-0.15, -0.1) is 0 Å². The minimum atomic E-state index is -1.16. The third-order valence-corrected chi connectivity index (χ3v) is 5.40. The molecule has 0 saturated heterocycles. The lowest BCUT2D eigenvalue weighted by molar-refractivity contribution is -0.157. The lowest BCUT2D eigenvalue weighted by atomic mass is 10.2. The molecule has 0 spiro atoms. The van der Waals surface area contributed by atoms with Gasteiger partial charge in [-0.2, -0.15) is 0 Å². The van der Waals surface area contributed by atoms with Gasteiger partial charge in [0.05, 0.1) is 19.1 Å². The molecule has 10 heteroatoms. The molecule has 0 aliphatic rings.